The van der Waals surface area contributed by atoms with Gasteiger partial charge in [-0.05, 0) is 54.8 Å². The molecule has 32 heavy (non-hydrogen) atoms. The van der Waals surface area contributed by atoms with Crippen LogP contribution < -0.4 is 20.7 Å². The van der Waals surface area contributed by atoms with E-state index in [1.807, 2.05) is 43.3 Å². The molecule has 0 aliphatic rings. The monoisotopic (exact) mass is 434 g/mol. The second-order valence-electron chi connectivity index (χ2n) is 7.17. The van der Waals surface area contributed by atoms with Crippen LogP contribution in [0, 0.1) is 0 Å². The molecular weight excluding hydrogens is 404 g/mol. The number of aromatic nitrogens is 2. The van der Waals surface area contributed by atoms with Crippen LogP contribution in [0.1, 0.15) is 18.1 Å². The fourth-order valence-electron chi connectivity index (χ4n) is 3.12. The molecule has 2 aromatic carbocycles. The predicted molar refractivity (Wildman–Crippen MR) is 127 cm³/mol. The number of nitrogens with zero attached hydrogens (tertiary/aromatic N) is 3. The SMILES string of the molecule is CCNC(=NCc1cccc(NC(=O)Cn2cccn2)c1)NCCc1ccc(OC)cc1. The van der Waals surface area contributed by atoms with Crippen molar-refractivity contribution in [3.63, 3.8) is 0 Å². The third kappa shape index (κ3) is 7.46. The lowest BCUT2D eigenvalue weighted by Crippen LogP contribution is -2.38. The first-order chi connectivity index (χ1) is 15.7. The van der Waals surface area contributed by atoms with E-state index >= 15 is 0 Å². The molecule has 3 aromatic rings. The number of benzene rings is 2. The number of rotatable bonds is 10. The van der Waals surface area contributed by atoms with Crippen molar-refractivity contribution in [2.75, 3.05) is 25.5 Å². The Morgan fingerprint density at radius 3 is 2.66 bits per heavy atom. The number of amides is 1. The van der Waals surface area contributed by atoms with Crippen LogP contribution in [0.25, 0.3) is 0 Å². The maximum absolute atomic E-state index is 12.2. The fourth-order valence-corrected chi connectivity index (χ4v) is 3.12. The van der Waals surface area contributed by atoms with Gasteiger partial charge in [-0.25, -0.2) is 4.99 Å². The summed E-state index contributed by atoms with van der Waals surface area (Å²) in [7, 11) is 1.67. The van der Waals surface area contributed by atoms with Crippen LogP contribution in [0.2, 0.25) is 0 Å². The number of hydrogen-bond donors (Lipinski definition) is 3. The normalized spacial score (nSPS) is 11.1. The molecule has 3 N–H and O–H groups in total. The van der Waals surface area contributed by atoms with Gasteiger partial charge in [-0.15, -0.1) is 0 Å². The molecule has 1 aromatic heterocycles. The Labute approximate surface area is 188 Å². The van der Waals surface area contributed by atoms with Gasteiger partial charge in [-0.3, -0.25) is 9.48 Å². The number of aliphatic imine (C=N–C) groups is 1. The summed E-state index contributed by atoms with van der Waals surface area (Å²) >= 11 is 0. The zero-order valence-electron chi connectivity index (χ0n) is 18.5. The number of carbonyl (C=O) groups excluding carboxylic acids is 1. The molecule has 0 unspecified atom stereocenters. The minimum atomic E-state index is -0.122. The molecule has 8 nitrogen and oxygen atoms in total. The molecule has 0 fully saturated rings. The molecule has 3 rings (SSSR count). The van der Waals surface area contributed by atoms with E-state index in [9.17, 15) is 4.79 Å². The summed E-state index contributed by atoms with van der Waals surface area (Å²) in [6, 6.07) is 17.6. The van der Waals surface area contributed by atoms with Crippen molar-refractivity contribution in [3.05, 3.63) is 78.1 Å². The van der Waals surface area contributed by atoms with Gasteiger partial charge in [0.25, 0.3) is 0 Å². The molecular formula is C24H30N6O2. The van der Waals surface area contributed by atoms with Gasteiger partial charge < -0.3 is 20.7 Å². The van der Waals surface area contributed by atoms with E-state index < -0.39 is 0 Å². The van der Waals surface area contributed by atoms with Gasteiger partial charge in [-0.2, -0.15) is 5.10 Å². The van der Waals surface area contributed by atoms with Crippen LogP contribution in [0.4, 0.5) is 5.69 Å². The summed E-state index contributed by atoms with van der Waals surface area (Å²) in [5.74, 6) is 1.49. The molecule has 0 aliphatic carbocycles. The maximum Gasteiger partial charge on any atom is 0.246 e. The number of ether oxygens (including phenoxy) is 1. The molecule has 0 spiro atoms. The van der Waals surface area contributed by atoms with Gasteiger partial charge in [0, 0.05) is 31.2 Å². The number of guanidine groups is 1. The van der Waals surface area contributed by atoms with Crippen molar-refractivity contribution in [3.8, 4) is 5.75 Å². The number of hydrogen-bond acceptors (Lipinski definition) is 4. The van der Waals surface area contributed by atoms with E-state index in [1.165, 1.54) is 5.56 Å². The zero-order valence-corrected chi connectivity index (χ0v) is 18.5. The Bertz CT molecular complexity index is 1000. The number of methoxy groups -OCH3 is 1. The van der Waals surface area contributed by atoms with Crippen molar-refractivity contribution in [1.29, 1.82) is 0 Å². The lowest BCUT2D eigenvalue weighted by atomic mass is 10.1. The molecule has 0 radical (unpaired) electrons. The lowest BCUT2D eigenvalue weighted by Gasteiger charge is -2.12. The van der Waals surface area contributed by atoms with Crippen LogP contribution >= 0.6 is 0 Å². The van der Waals surface area contributed by atoms with E-state index in [2.05, 4.69) is 38.2 Å². The highest BCUT2D eigenvalue weighted by molar-refractivity contribution is 5.90. The van der Waals surface area contributed by atoms with E-state index in [0.29, 0.717) is 6.54 Å². The number of nitrogens with one attached hydrogen (secondary N) is 3. The van der Waals surface area contributed by atoms with Crippen LogP contribution in [0.5, 0.6) is 5.75 Å². The van der Waals surface area contributed by atoms with Crippen LogP contribution in [0.15, 0.2) is 72.0 Å². The Morgan fingerprint density at radius 1 is 1.09 bits per heavy atom. The van der Waals surface area contributed by atoms with Gasteiger partial charge in [-0.1, -0.05) is 24.3 Å². The summed E-state index contributed by atoms with van der Waals surface area (Å²) in [6.07, 6.45) is 4.29. The first-order valence-electron chi connectivity index (χ1n) is 10.7. The van der Waals surface area contributed by atoms with Crippen molar-refractivity contribution in [2.45, 2.75) is 26.4 Å². The molecule has 1 heterocycles. The Morgan fingerprint density at radius 2 is 1.94 bits per heavy atom. The fraction of sp³-hybridized carbons (Fsp3) is 0.292. The van der Waals surface area contributed by atoms with Crippen LogP contribution in [0.3, 0.4) is 0 Å². The molecule has 0 saturated carbocycles. The highest BCUT2D eigenvalue weighted by Crippen LogP contribution is 2.12. The molecule has 0 bridgehead atoms. The minimum absolute atomic E-state index is 0.122. The Balaban J connectivity index is 1.52. The van der Waals surface area contributed by atoms with Crippen molar-refractivity contribution < 1.29 is 9.53 Å². The van der Waals surface area contributed by atoms with Crippen LogP contribution in [-0.4, -0.2) is 41.8 Å². The summed E-state index contributed by atoms with van der Waals surface area (Å²) in [5.41, 5.74) is 2.98. The van der Waals surface area contributed by atoms with Gasteiger partial charge >= 0.3 is 0 Å². The molecule has 0 aliphatic heterocycles. The standard InChI is InChI=1S/C24H30N6O2/c1-3-25-24(26-14-12-19-8-10-22(32-2)11-9-19)27-17-20-6-4-7-21(16-20)29-23(31)18-30-15-5-13-28-30/h4-11,13,15-16H,3,12,14,17-18H2,1-2H3,(H,29,31)(H2,25,26,27). The third-order valence-corrected chi connectivity index (χ3v) is 4.70. The third-order valence-electron chi connectivity index (χ3n) is 4.70. The molecule has 1 amide bonds. The van der Waals surface area contributed by atoms with E-state index in [-0.39, 0.29) is 12.5 Å². The first kappa shape index (κ1) is 22.9. The van der Waals surface area contributed by atoms with Gasteiger partial charge in [0.2, 0.25) is 5.91 Å². The smallest absolute Gasteiger partial charge is 0.246 e. The van der Waals surface area contributed by atoms with Gasteiger partial charge in [0.15, 0.2) is 5.96 Å². The largest absolute Gasteiger partial charge is 0.497 e. The van der Waals surface area contributed by atoms with Gasteiger partial charge in [0.1, 0.15) is 12.3 Å². The van der Waals surface area contributed by atoms with E-state index in [0.717, 1.165) is 42.5 Å². The lowest BCUT2D eigenvalue weighted by molar-refractivity contribution is -0.116. The summed E-state index contributed by atoms with van der Waals surface area (Å²) in [6.45, 7) is 4.26. The number of anilines is 1. The van der Waals surface area contributed by atoms with Crippen molar-refractivity contribution in [2.24, 2.45) is 4.99 Å². The molecule has 0 atom stereocenters. The highest BCUT2D eigenvalue weighted by atomic mass is 16.5. The van der Waals surface area contributed by atoms with Crippen LogP contribution in [-0.2, 0) is 24.3 Å². The van der Waals surface area contributed by atoms with Crippen molar-refractivity contribution >= 4 is 17.6 Å². The topological polar surface area (TPSA) is 92.6 Å². The van der Waals surface area contributed by atoms with E-state index in [1.54, 1.807) is 30.3 Å². The Hall–Kier alpha value is -3.81. The zero-order chi connectivity index (χ0) is 22.6. The van der Waals surface area contributed by atoms with Crippen molar-refractivity contribution in [1.82, 2.24) is 20.4 Å². The van der Waals surface area contributed by atoms with E-state index in [4.69, 9.17) is 4.74 Å². The average Bonchev–Trinajstić information content (AvgIpc) is 3.31. The first-order valence-corrected chi connectivity index (χ1v) is 10.7. The second-order valence-corrected chi connectivity index (χ2v) is 7.17. The summed E-state index contributed by atoms with van der Waals surface area (Å²) in [5, 5.41) is 13.6. The molecule has 8 heteroatoms. The molecule has 168 valence electrons. The average molecular weight is 435 g/mol. The second kappa shape index (κ2) is 12.1. The number of carbonyl (C=O) groups is 1. The predicted octanol–water partition coefficient (Wildman–Crippen LogP) is 2.83. The quantitative estimate of drug-likeness (QED) is 0.337. The summed E-state index contributed by atoms with van der Waals surface area (Å²) < 4.78 is 6.79. The molecule has 0 saturated heterocycles. The Kier molecular flexibility index (Phi) is 8.68. The minimum Gasteiger partial charge on any atom is -0.497 e. The highest BCUT2D eigenvalue weighted by Gasteiger charge is 2.05. The maximum atomic E-state index is 12.2. The van der Waals surface area contributed by atoms with Gasteiger partial charge in [0.05, 0.1) is 13.7 Å². The summed E-state index contributed by atoms with van der Waals surface area (Å²) in [4.78, 5) is 16.9.